The predicted octanol–water partition coefficient (Wildman–Crippen LogP) is -0.380. The minimum Gasteiger partial charge on any atom is -0.508 e. The number of carboxylic acid groups (broad SMARTS) is 2. The lowest BCUT2D eigenvalue weighted by molar-refractivity contribution is -0.143. The Kier molecular flexibility index (Phi) is 15.1. The number of aliphatic hydroxyl groups excluding tert-OH is 1. The SMILES string of the molecule is CSCC[C@H](N)C(=O)N[C@@H](Cc1c[nH]c2ccccc12)C(=O)N[C@@H](CCC(=O)O)C(=O)N[C@@H](Cc1ccc(O)cc1)C(=O)N[C@@H](CO)C(=O)O. The second-order valence-electron chi connectivity index (χ2n) is 11.5. The lowest BCUT2D eigenvalue weighted by Gasteiger charge is -2.26. The van der Waals surface area contributed by atoms with Crippen LogP contribution in [0.1, 0.15) is 30.4 Å². The maximum Gasteiger partial charge on any atom is 0.328 e. The molecule has 0 saturated heterocycles. The zero-order valence-electron chi connectivity index (χ0n) is 27.3. The van der Waals surface area contributed by atoms with E-state index in [-0.39, 0.29) is 18.6 Å². The third-order valence-electron chi connectivity index (χ3n) is 7.79. The van der Waals surface area contributed by atoms with Crippen LogP contribution in [0.2, 0.25) is 0 Å². The Labute approximate surface area is 291 Å². The Morgan fingerprint density at radius 1 is 0.780 bits per heavy atom. The van der Waals surface area contributed by atoms with Gasteiger partial charge in [-0.3, -0.25) is 24.0 Å². The van der Waals surface area contributed by atoms with Crippen molar-refractivity contribution in [1.82, 2.24) is 26.3 Å². The number of para-hydroxylation sites is 1. The summed E-state index contributed by atoms with van der Waals surface area (Å²) in [6.07, 6.45) is 2.68. The highest BCUT2D eigenvalue weighted by atomic mass is 32.2. The first kappa shape index (κ1) is 39.3. The molecule has 0 radical (unpaired) electrons. The van der Waals surface area contributed by atoms with Crippen LogP contribution in [0.25, 0.3) is 10.9 Å². The predicted molar refractivity (Wildman–Crippen MR) is 184 cm³/mol. The molecule has 2 aromatic carbocycles. The molecule has 11 N–H and O–H groups in total. The van der Waals surface area contributed by atoms with Gasteiger partial charge in [0.2, 0.25) is 23.6 Å². The maximum atomic E-state index is 13.8. The molecule has 1 aromatic heterocycles. The number of phenols is 1. The quantitative estimate of drug-likeness (QED) is 0.0718. The molecule has 0 saturated carbocycles. The van der Waals surface area contributed by atoms with Crippen molar-refractivity contribution in [1.29, 1.82) is 0 Å². The molecule has 270 valence electrons. The summed E-state index contributed by atoms with van der Waals surface area (Å²) in [5.41, 5.74) is 7.97. The van der Waals surface area contributed by atoms with Gasteiger partial charge in [0.15, 0.2) is 0 Å². The van der Waals surface area contributed by atoms with Crippen LogP contribution in [0.15, 0.2) is 54.7 Å². The van der Waals surface area contributed by atoms with Crippen molar-refractivity contribution >= 4 is 58.2 Å². The number of aromatic nitrogens is 1. The van der Waals surface area contributed by atoms with E-state index in [9.17, 15) is 49.2 Å². The second-order valence-corrected chi connectivity index (χ2v) is 12.5. The number of amides is 4. The molecule has 5 atom stereocenters. The standard InChI is InChI=1S/C33H42N6O10S/c1-50-13-12-22(34)29(44)37-26(15-19-16-35-23-5-3-2-4-21(19)23)32(47)36-24(10-11-28(42)43)30(45)38-25(14-18-6-8-20(41)9-7-18)31(46)39-27(17-40)33(48)49/h2-9,16,22,24-27,35,40-41H,10-15,17,34H2,1H3,(H,36,47)(H,37,44)(H,38,45)(H,39,46)(H,42,43)(H,48,49)/t22-,24-,25-,26-,27-/m0/s1. The highest BCUT2D eigenvalue weighted by Gasteiger charge is 2.32. The summed E-state index contributed by atoms with van der Waals surface area (Å²) < 4.78 is 0. The number of aliphatic hydroxyl groups is 1. The smallest absolute Gasteiger partial charge is 0.328 e. The third kappa shape index (κ3) is 11.8. The Morgan fingerprint density at radius 2 is 1.36 bits per heavy atom. The van der Waals surface area contributed by atoms with E-state index in [1.165, 1.54) is 36.0 Å². The van der Waals surface area contributed by atoms with Gasteiger partial charge in [0.05, 0.1) is 12.6 Å². The molecule has 4 amide bonds. The number of H-pyrrole nitrogens is 1. The van der Waals surface area contributed by atoms with Crippen molar-refractivity contribution in [3.63, 3.8) is 0 Å². The Hall–Kier alpha value is -5.13. The fourth-order valence-corrected chi connectivity index (χ4v) is 5.49. The molecule has 1 heterocycles. The first-order valence-electron chi connectivity index (χ1n) is 15.7. The number of benzene rings is 2. The van der Waals surface area contributed by atoms with Gasteiger partial charge >= 0.3 is 11.9 Å². The van der Waals surface area contributed by atoms with Gasteiger partial charge in [-0.1, -0.05) is 30.3 Å². The molecule has 0 bridgehead atoms. The summed E-state index contributed by atoms with van der Waals surface area (Å²) in [6.45, 7) is -0.942. The van der Waals surface area contributed by atoms with Gasteiger partial charge in [-0.05, 0) is 54.2 Å². The first-order chi connectivity index (χ1) is 23.8. The monoisotopic (exact) mass is 714 g/mol. The van der Waals surface area contributed by atoms with Gasteiger partial charge in [-0.2, -0.15) is 11.8 Å². The highest BCUT2D eigenvalue weighted by Crippen LogP contribution is 2.20. The van der Waals surface area contributed by atoms with E-state index >= 15 is 0 Å². The van der Waals surface area contributed by atoms with Crippen molar-refractivity contribution in [3.05, 3.63) is 65.9 Å². The molecule has 17 heteroatoms. The number of thioether (sulfide) groups is 1. The number of carbonyl (C=O) groups is 6. The van der Waals surface area contributed by atoms with Gasteiger partial charge in [0, 0.05) is 36.4 Å². The van der Waals surface area contributed by atoms with Crippen molar-refractivity contribution in [2.24, 2.45) is 5.73 Å². The maximum absolute atomic E-state index is 13.8. The topological polar surface area (TPSA) is 273 Å². The van der Waals surface area contributed by atoms with Crippen LogP contribution < -0.4 is 27.0 Å². The van der Waals surface area contributed by atoms with E-state index in [2.05, 4.69) is 26.3 Å². The number of hydrogen-bond acceptors (Lipinski definition) is 10. The van der Waals surface area contributed by atoms with Crippen LogP contribution in [-0.4, -0.2) is 110 Å². The van der Waals surface area contributed by atoms with Crippen molar-refractivity contribution < 1.29 is 49.2 Å². The van der Waals surface area contributed by atoms with Crippen molar-refractivity contribution in [2.75, 3.05) is 18.6 Å². The van der Waals surface area contributed by atoms with Crippen LogP contribution in [0.3, 0.4) is 0 Å². The Bertz CT molecular complexity index is 1650. The summed E-state index contributed by atoms with van der Waals surface area (Å²) in [5.74, 6) is -5.66. The molecular weight excluding hydrogens is 672 g/mol. The molecular formula is C33H42N6O10S. The number of aromatic amines is 1. The lowest BCUT2D eigenvalue weighted by atomic mass is 10.0. The normalized spacial score (nSPS) is 14.1. The number of aromatic hydroxyl groups is 1. The van der Waals surface area contributed by atoms with E-state index in [1.54, 1.807) is 6.20 Å². The zero-order valence-corrected chi connectivity index (χ0v) is 28.1. The third-order valence-corrected chi connectivity index (χ3v) is 8.43. The number of nitrogens with two attached hydrogens (primary N) is 1. The number of carbonyl (C=O) groups excluding carboxylic acids is 4. The molecule has 0 fully saturated rings. The number of phenolic OH excluding ortho intramolecular Hbond substituents is 1. The molecule has 0 aliphatic carbocycles. The number of hydrogen-bond donors (Lipinski definition) is 10. The summed E-state index contributed by atoms with van der Waals surface area (Å²) >= 11 is 1.49. The fraction of sp³-hybridized carbons (Fsp3) is 0.394. The number of aliphatic carboxylic acids is 2. The molecule has 3 aromatic rings. The van der Waals surface area contributed by atoms with Crippen LogP contribution in [0.5, 0.6) is 5.75 Å². The summed E-state index contributed by atoms with van der Waals surface area (Å²) in [4.78, 5) is 79.9. The van der Waals surface area contributed by atoms with Crippen molar-refractivity contribution in [2.45, 2.75) is 62.3 Å². The summed E-state index contributed by atoms with van der Waals surface area (Å²) in [5, 5.41) is 48.4. The number of carboxylic acids is 2. The highest BCUT2D eigenvalue weighted by molar-refractivity contribution is 7.98. The average molecular weight is 715 g/mol. The molecule has 0 spiro atoms. The van der Waals surface area contributed by atoms with Gasteiger partial charge in [0.1, 0.15) is 29.9 Å². The van der Waals surface area contributed by atoms with Gasteiger partial charge in [0.25, 0.3) is 0 Å². The van der Waals surface area contributed by atoms with Crippen LogP contribution in [0.4, 0.5) is 0 Å². The zero-order chi connectivity index (χ0) is 36.8. The van der Waals surface area contributed by atoms with Crippen LogP contribution in [0, 0.1) is 0 Å². The van der Waals surface area contributed by atoms with E-state index in [0.29, 0.717) is 23.3 Å². The first-order valence-corrected chi connectivity index (χ1v) is 17.1. The Morgan fingerprint density at radius 3 is 1.98 bits per heavy atom. The molecule has 3 rings (SSSR count). The van der Waals surface area contributed by atoms with E-state index in [4.69, 9.17) is 5.73 Å². The minimum atomic E-state index is -1.69. The number of rotatable bonds is 20. The number of nitrogens with one attached hydrogen (secondary N) is 5. The van der Waals surface area contributed by atoms with E-state index in [0.717, 1.165) is 10.9 Å². The van der Waals surface area contributed by atoms with E-state index < -0.39 is 85.2 Å². The van der Waals surface area contributed by atoms with Gasteiger partial charge in [-0.25, -0.2) is 4.79 Å². The largest absolute Gasteiger partial charge is 0.508 e. The molecule has 16 nitrogen and oxygen atoms in total. The lowest BCUT2D eigenvalue weighted by Crippen LogP contribution is -2.59. The molecule has 0 aliphatic rings. The average Bonchev–Trinajstić information content (AvgIpc) is 3.50. The summed E-state index contributed by atoms with van der Waals surface area (Å²) in [6, 6.07) is 6.05. The van der Waals surface area contributed by atoms with Crippen molar-refractivity contribution in [3.8, 4) is 5.75 Å². The molecule has 0 unspecified atom stereocenters. The minimum absolute atomic E-state index is 0.0201. The summed E-state index contributed by atoms with van der Waals surface area (Å²) in [7, 11) is 0. The second kappa shape index (κ2) is 19.2. The van der Waals surface area contributed by atoms with Gasteiger partial charge < -0.3 is 52.4 Å². The Balaban J connectivity index is 1.90. The molecule has 50 heavy (non-hydrogen) atoms. The van der Waals surface area contributed by atoms with Crippen LogP contribution in [-0.2, 0) is 41.6 Å². The van der Waals surface area contributed by atoms with Gasteiger partial charge in [-0.15, -0.1) is 0 Å². The van der Waals surface area contributed by atoms with E-state index in [1.807, 2.05) is 30.5 Å². The van der Waals surface area contributed by atoms with Crippen LogP contribution >= 0.6 is 11.8 Å². The fourth-order valence-electron chi connectivity index (χ4n) is 5.00. The molecule has 0 aliphatic heterocycles. The number of fused-ring (bicyclic) bond motifs is 1.